The van der Waals surface area contributed by atoms with E-state index in [0.29, 0.717) is 32.2 Å². The van der Waals surface area contributed by atoms with Crippen molar-refractivity contribution in [1.82, 2.24) is 0 Å². The van der Waals surface area contributed by atoms with Crippen LogP contribution >= 0.6 is 12.2 Å². The maximum atomic E-state index is 12.3. The topological polar surface area (TPSA) is 72.8 Å². The summed E-state index contributed by atoms with van der Waals surface area (Å²) in [5, 5.41) is 11.3. The summed E-state index contributed by atoms with van der Waals surface area (Å²) < 4.78 is 10.5. The Hall–Kier alpha value is -1.01. The van der Waals surface area contributed by atoms with Gasteiger partial charge in [0.15, 0.2) is 5.05 Å². The van der Waals surface area contributed by atoms with Gasteiger partial charge in [-0.15, -0.1) is 0 Å². The highest BCUT2D eigenvalue weighted by Crippen LogP contribution is 2.38. The zero-order valence-corrected chi connectivity index (χ0v) is 14.9. The molecule has 0 spiro atoms. The lowest BCUT2D eigenvalue weighted by Gasteiger charge is -2.37. The van der Waals surface area contributed by atoms with Crippen molar-refractivity contribution in [3.8, 4) is 0 Å². The molecule has 0 aliphatic heterocycles. The van der Waals surface area contributed by atoms with Crippen LogP contribution in [0, 0.1) is 11.8 Å². The number of carbonyl (C=O) groups excluding carboxylic acids is 2. The summed E-state index contributed by atoms with van der Waals surface area (Å²) in [6.07, 6.45) is 5.98. The molecule has 23 heavy (non-hydrogen) atoms. The van der Waals surface area contributed by atoms with Gasteiger partial charge in [-0.3, -0.25) is 4.79 Å². The lowest BCUT2D eigenvalue weighted by Crippen LogP contribution is -2.49. The molecule has 0 aromatic carbocycles. The van der Waals surface area contributed by atoms with Gasteiger partial charge in [-0.25, -0.2) is 0 Å². The van der Waals surface area contributed by atoms with Gasteiger partial charge in [0, 0.05) is 0 Å². The average molecular weight is 344 g/mol. The molecule has 1 aliphatic carbocycles. The summed E-state index contributed by atoms with van der Waals surface area (Å²) >= 11 is 5.30. The van der Waals surface area contributed by atoms with E-state index in [9.17, 15) is 14.7 Å². The Morgan fingerprint density at radius 3 is 2.30 bits per heavy atom. The third kappa shape index (κ3) is 5.53. The normalized spacial score (nSPS) is 20.0. The lowest BCUT2D eigenvalue weighted by atomic mass is 9.74. The molecule has 0 amide bonds. The number of hydrogen-bond acceptors (Lipinski definition) is 6. The molecule has 0 saturated heterocycles. The Labute approximate surface area is 143 Å². The first kappa shape index (κ1) is 20.0. The van der Waals surface area contributed by atoms with E-state index in [0.717, 1.165) is 25.7 Å². The fraction of sp³-hybridized carbons (Fsp3) is 0.824. The first-order valence-electron chi connectivity index (χ1n) is 8.51. The van der Waals surface area contributed by atoms with Crippen LogP contribution in [0.3, 0.4) is 0 Å². The van der Waals surface area contributed by atoms with Crippen LogP contribution in [0.25, 0.3) is 0 Å². The van der Waals surface area contributed by atoms with Gasteiger partial charge >= 0.3 is 5.97 Å². The van der Waals surface area contributed by atoms with Crippen molar-refractivity contribution < 1.29 is 24.2 Å². The van der Waals surface area contributed by atoms with Gasteiger partial charge < -0.3 is 19.4 Å². The number of ether oxygens (including phenoxy) is 2. The highest BCUT2D eigenvalue weighted by Gasteiger charge is 2.48. The number of hydrogen-bond donors (Lipinski definition) is 1. The van der Waals surface area contributed by atoms with Gasteiger partial charge in [0.25, 0.3) is 0 Å². The summed E-state index contributed by atoms with van der Waals surface area (Å²) in [5.74, 6) is -2.59. The number of aliphatic hydroxyl groups is 1. The monoisotopic (exact) mass is 344 g/mol. The fourth-order valence-electron chi connectivity index (χ4n) is 3.15. The molecular formula is C17H28O5S. The number of aldehydes is 1. The van der Waals surface area contributed by atoms with Crippen LogP contribution in [0.5, 0.6) is 0 Å². The van der Waals surface area contributed by atoms with Crippen LogP contribution in [0.15, 0.2) is 0 Å². The Balaban J connectivity index is 3.08. The molecule has 1 saturated carbocycles. The molecule has 1 fully saturated rings. The number of thiocarbonyl (C=S) groups is 1. The Morgan fingerprint density at radius 2 is 1.83 bits per heavy atom. The zero-order chi connectivity index (χ0) is 17.3. The minimum atomic E-state index is -1.19. The summed E-state index contributed by atoms with van der Waals surface area (Å²) in [6.45, 7) is 4.24. The van der Waals surface area contributed by atoms with Crippen LogP contribution in [0.1, 0.15) is 58.8 Å². The van der Waals surface area contributed by atoms with Gasteiger partial charge in [0.05, 0.1) is 24.7 Å². The molecule has 1 aliphatic rings. The van der Waals surface area contributed by atoms with Gasteiger partial charge in [-0.2, -0.15) is 0 Å². The molecule has 132 valence electrons. The van der Waals surface area contributed by atoms with E-state index in [1.165, 1.54) is 0 Å². The molecule has 0 bridgehead atoms. The van der Waals surface area contributed by atoms with Crippen LogP contribution in [0.4, 0.5) is 0 Å². The van der Waals surface area contributed by atoms with E-state index in [4.69, 9.17) is 21.7 Å². The molecule has 5 nitrogen and oxygen atoms in total. The van der Waals surface area contributed by atoms with E-state index < -0.39 is 23.4 Å². The van der Waals surface area contributed by atoms with Gasteiger partial charge in [-0.05, 0) is 38.4 Å². The second kappa shape index (κ2) is 9.98. The second-order valence-corrected chi connectivity index (χ2v) is 6.48. The summed E-state index contributed by atoms with van der Waals surface area (Å²) in [6, 6.07) is 0. The highest BCUT2D eigenvalue weighted by atomic mass is 32.1. The maximum absolute atomic E-state index is 12.3. The van der Waals surface area contributed by atoms with E-state index in [-0.39, 0.29) is 11.7 Å². The molecule has 1 rings (SSSR count). The summed E-state index contributed by atoms with van der Waals surface area (Å²) in [4.78, 5) is 23.9. The van der Waals surface area contributed by atoms with Crippen molar-refractivity contribution in [3.63, 3.8) is 0 Å². The lowest BCUT2D eigenvalue weighted by molar-refractivity contribution is -0.155. The molecule has 0 aromatic rings. The molecule has 0 heterocycles. The molecule has 6 heteroatoms. The Bertz CT molecular complexity index is 402. The van der Waals surface area contributed by atoms with E-state index in [1.807, 2.05) is 6.92 Å². The predicted molar refractivity (Wildman–Crippen MR) is 91.2 cm³/mol. The molecular weight excluding hydrogens is 316 g/mol. The van der Waals surface area contributed by atoms with Gasteiger partial charge in [0.1, 0.15) is 12.2 Å². The minimum Gasteiger partial charge on any atom is -0.487 e. The zero-order valence-electron chi connectivity index (χ0n) is 14.1. The average Bonchev–Trinajstić information content (AvgIpc) is 2.75. The van der Waals surface area contributed by atoms with Crippen LogP contribution in [-0.4, -0.2) is 41.2 Å². The maximum Gasteiger partial charge on any atom is 0.317 e. The first-order valence-corrected chi connectivity index (χ1v) is 8.92. The SMILES string of the molecule is CCCOC(=O)C(C=O)C(C(=S)OCC)C1(O)CCCCCC1. The van der Waals surface area contributed by atoms with Gasteiger partial charge in [0.2, 0.25) is 0 Å². The fourth-order valence-corrected chi connectivity index (χ4v) is 3.64. The quantitative estimate of drug-likeness (QED) is 0.240. The van der Waals surface area contributed by atoms with Crippen molar-refractivity contribution in [1.29, 1.82) is 0 Å². The predicted octanol–water partition coefficient (Wildman–Crippen LogP) is 2.82. The molecule has 0 aromatic heterocycles. The van der Waals surface area contributed by atoms with E-state index >= 15 is 0 Å². The van der Waals surface area contributed by atoms with Crippen molar-refractivity contribution in [2.45, 2.75) is 64.4 Å². The number of esters is 1. The van der Waals surface area contributed by atoms with Crippen molar-refractivity contribution in [2.75, 3.05) is 13.2 Å². The smallest absolute Gasteiger partial charge is 0.317 e. The second-order valence-electron chi connectivity index (χ2n) is 6.08. The summed E-state index contributed by atoms with van der Waals surface area (Å²) in [5.41, 5.74) is -1.19. The molecule has 2 atom stereocenters. The van der Waals surface area contributed by atoms with Gasteiger partial charge in [-0.1, -0.05) is 32.6 Å². The van der Waals surface area contributed by atoms with Crippen LogP contribution in [-0.2, 0) is 19.1 Å². The van der Waals surface area contributed by atoms with Crippen LogP contribution in [0.2, 0.25) is 0 Å². The van der Waals surface area contributed by atoms with Crippen molar-refractivity contribution >= 4 is 29.5 Å². The van der Waals surface area contributed by atoms with Crippen molar-refractivity contribution in [3.05, 3.63) is 0 Å². The van der Waals surface area contributed by atoms with Crippen LogP contribution < -0.4 is 0 Å². The Morgan fingerprint density at radius 1 is 1.22 bits per heavy atom. The van der Waals surface area contributed by atoms with E-state index in [1.54, 1.807) is 6.92 Å². The summed E-state index contributed by atoms with van der Waals surface area (Å²) in [7, 11) is 0. The van der Waals surface area contributed by atoms with Crippen molar-refractivity contribution in [2.24, 2.45) is 11.8 Å². The Kier molecular flexibility index (Phi) is 8.69. The highest BCUT2D eigenvalue weighted by molar-refractivity contribution is 7.80. The molecule has 0 radical (unpaired) electrons. The van der Waals surface area contributed by atoms with E-state index in [2.05, 4.69) is 0 Å². The largest absolute Gasteiger partial charge is 0.487 e. The first-order chi connectivity index (χ1) is 11.0. The third-order valence-electron chi connectivity index (χ3n) is 4.32. The third-order valence-corrected chi connectivity index (χ3v) is 4.69. The number of carbonyl (C=O) groups is 2. The standard InChI is InChI=1S/C17H28O5S/c1-3-11-22-15(19)13(12-18)14(16(23)21-4-2)17(20)9-7-5-6-8-10-17/h12-14,20H,3-11H2,1-2H3. The number of rotatable bonds is 8. The molecule has 1 N–H and O–H groups in total. The minimum absolute atomic E-state index is 0.127. The molecule has 2 unspecified atom stereocenters.